The molecule has 2 aromatic heterocycles. The molecule has 8 heteroatoms. The Bertz CT molecular complexity index is 1290. The van der Waals surface area contributed by atoms with E-state index in [-0.39, 0.29) is 28.2 Å². The second-order valence-electron chi connectivity index (χ2n) is 7.72. The summed E-state index contributed by atoms with van der Waals surface area (Å²) in [6, 6.07) is 6.24. The molecule has 2 heterocycles. The van der Waals surface area contributed by atoms with Crippen molar-refractivity contribution in [2.45, 2.75) is 39.3 Å². The number of aryl methyl sites for hydroxylation is 1. The number of H-pyrrole nitrogens is 1. The summed E-state index contributed by atoms with van der Waals surface area (Å²) in [5.74, 6) is -2.78. The number of alkyl halides is 1. The molecule has 0 fully saturated rings. The van der Waals surface area contributed by atoms with Crippen LogP contribution in [0.25, 0.3) is 27.5 Å². The number of aliphatic carboxylic acids is 1. The van der Waals surface area contributed by atoms with Crippen LogP contribution in [0.1, 0.15) is 36.6 Å². The summed E-state index contributed by atoms with van der Waals surface area (Å²) in [6.45, 7) is 5.35. The van der Waals surface area contributed by atoms with Crippen LogP contribution in [-0.4, -0.2) is 32.0 Å². The van der Waals surface area contributed by atoms with Crippen LogP contribution in [-0.2, 0) is 11.2 Å². The van der Waals surface area contributed by atoms with E-state index in [0.29, 0.717) is 27.8 Å². The molecule has 4 rings (SSSR count). The average Bonchev–Trinajstić information content (AvgIpc) is 3.27. The Morgan fingerprint density at radius 2 is 2.00 bits per heavy atom. The van der Waals surface area contributed by atoms with E-state index in [1.807, 2.05) is 13.8 Å². The van der Waals surface area contributed by atoms with Crippen LogP contribution in [0, 0.1) is 18.6 Å². The monoisotopic (exact) mass is 415 g/mol. The Kier molecular flexibility index (Phi) is 4.80. The lowest BCUT2D eigenvalue weighted by Crippen LogP contribution is -2.18. The molecule has 0 radical (unpaired) electrons. The lowest BCUT2D eigenvalue weighted by atomic mass is 9.98. The van der Waals surface area contributed by atoms with Crippen molar-refractivity contribution in [3.05, 3.63) is 58.9 Å². The van der Waals surface area contributed by atoms with E-state index in [1.165, 1.54) is 12.3 Å². The highest BCUT2D eigenvalue weighted by molar-refractivity contribution is 5.99. The summed E-state index contributed by atoms with van der Waals surface area (Å²) in [5.41, 5.74) is 2.47. The van der Waals surface area contributed by atoms with E-state index in [4.69, 9.17) is 5.11 Å². The number of benzene rings is 2. The Balaban J connectivity index is 2.15. The normalized spacial score (nSPS) is 12.9. The van der Waals surface area contributed by atoms with Gasteiger partial charge in [-0.05, 0) is 48.2 Å². The van der Waals surface area contributed by atoms with Gasteiger partial charge in [-0.1, -0.05) is 13.8 Å². The molecule has 0 saturated carbocycles. The van der Waals surface area contributed by atoms with Gasteiger partial charge in [0.1, 0.15) is 11.3 Å². The fraction of sp³-hybridized carbons (Fsp3) is 0.273. The van der Waals surface area contributed by atoms with Gasteiger partial charge in [-0.25, -0.2) is 18.0 Å². The Morgan fingerprint density at radius 1 is 1.27 bits per heavy atom. The lowest BCUT2D eigenvalue weighted by Gasteiger charge is -2.16. The van der Waals surface area contributed by atoms with Gasteiger partial charge in [-0.2, -0.15) is 5.10 Å². The molecule has 156 valence electrons. The molecule has 2 N–H and O–H groups in total. The van der Waals surface area contributed by atoms with Crippen LogP contribution in [0.5, 0.6) is 0 Å². The van der Waals surface area contributed by atoms with Crippen molar-refractivity contribution in [2.24, 2.45) is 0 Å². The van der Waals surface area contributed by atoms with Crippen molar-refractivity contribution >= 4 is 27.8 Å². The highest BCUT2D eigenvalue weighted by Gasteiger charge is 2.29. The maximum absolute atomic E-state index is 15.5. The fourth-order valence-corrected chi connectivity index (χ4v) is 4.02. The van der Waals surface area contributed by atoms with Gasteiger partial charge in [-0.15, -0.1) is 0 Å². The average molecular weight is 415 g/mol. The predicted octanol–water partition coefficient (Wildman–Crippen LogP) is 5.18. The van der Waals surface area contributed by atoms with Crippen LogP contribution in [0.2, 0.25) is 0 Å². The first-order valence-corrected chi connectivity index (χ1v) is 9.52. The smallest absolute Gasteiger partial charge is 0.338 e. The molecule has 0 unspecified atom stereocenters. The Morgan fingerprint density at radius 3 is 2.63 bits per heavy atom. The largest absolute Gasteiger partial charge is 0.479 e. The topological polar surface area (TPSA) is 70.9 Å². The first-order valence-electron chi connectivity index (χ1n) is 9.52. The molecule has 0 saturated heterocycles. The van der Waals surface area contributed by atoms with Crippen LogP contribution < -0.4 is 0 Å². The third kappa shape index (κ3) is 3.03. The quantitative estimate of drug-likeness (QED) is 0.472. The summed E-state index contributed by atoms with van der Waals surface area (Å²) in [5, 5.41) is 16.3. The van der Waals surface area contributed by atoms with Crippen molar-refractivity contribution < 1.29 is 23.1 Å². The zero-order chi connectivity index (χ0) is 21.7. The van der Waals surface area contributed by atoms with E-state index in [2.05, 4.69) is 10.2 Å². The molecule has 0 aliphatic heterocycles. The Hall–Kier alpha value is -3.29. The number of halogens is 3. The molecule has 0 aliphatic rings. The maximum Gasteiger partial charge on any atom is 0.338 e. The van der Waals surface area contributed by atoms with Crippen LogP contribution in [0.4, 0.5) is 13.2 Å². The summed E-state index contributed by atoms with van der Waals surface area (Å²) < 4.78 is 45.5. The number of hydrogen-bond donors (Lipinski definition) is 2. The van der Waals surface area contributed by atoms with Gasteiger partial charge in [0.25, 0.3) is 0 Å². The third-order valence-corrected chi connectivity index (χ3v) is 5.35. The summed E-state index contributed by atoms with van der Waals surface area (Å²) in [4.78, 5) is 11.2. The second-order valence-corrected chi connectivity index (χ2v) is 7.72. The highest BCUT2D eigenvalue weighted by atomic mass is 19.1. The molecule has 0 aliphatic carbocycles. The molecule has 1 atom stereocenters. The van der Waals surface area contributed by atoms with E-state index < -0.39 is 24.4 Å². The fourth-order valence-electron chi connectivity index (χ4n) is 4.02. The van der Waals surface area contributed by atoms with Gasteiger partial charge in [0.15, 0.2) is 5.82 Å². The molecular formula is C22H20F3N3O2. The predicted molar refractivity (Wildman–Crippen MR) is 108 cm³/mol. The van der Waals surface area contributed by atoms with Crippen molar-refractivity contribution in [2.75, 3.05) is 0 Å². The molecule has 0 spiro atoms. The minimum absolute atomic E-state index is 0.140. The van der Waals surface area contributed by atoms with Crippen molar-refractivity contribution in [1.82, 2.24) is 14.8 Å². The number of carboxylic acid groups (broad SMARTS) is 1. The zero-order valence-electron chi connectivity index (χ0n) is 16.6. The standard InChI is InChI=1S/C22H20F3N3O2/c1-10(2)21-14(8-16(24)22(29)30)18-17(7-12-9-26-27-20(12)19(18)25)28(21)13-4-5-15(23)11(3)6-13/h4-7,9-10,16H,8H2,1-3H3,(H,26,27)(H,29,30)/t16-/m0/s1. The molecule has 30 heavy (non-hydrogen) atoms. The van der Waals surface area contributed by atoms with Gasteiger partial charge in [0.05, 0.1) is 11.7 Å². The summed E-state index contributed by atoms with van der Waals surface area (Å²) in [7, 11) is 0. The first kappa shape index (κ1) is 20.0. The maximum atomic E-state index is 15.5. The minimum Gasteiger partial charge on any atom is -0.479 e. The van der Waals surface area contributed by atoms with Crippen LogP contribution >= 0.6 is 0 Å². The van der Waals surface area contributed by atoms with Gasteiger partial charge in [0.2, 0.25) is 6.17 Å². The summed E-state index contributed by atoms with van der Waals surface area (Å²) in [6.07, 6.45) is -1.19. The van der Waals surface area contributed by atoms with Crippen molar-refractivity contribution in [1.29, 1.82) is 0 Å². The summed E-state index contributed by atoms with van der Waals surface area (Å²) >= 11 is 0. The molecule has 4 aromatic rings. The number of hydrogen-bond acceptors (Lipinski definition) is 2. The number of aromatic nitrogens is 3. The number of carbonyl (C=O) groups is 1. The van der Waals surface area contributed by atoms with Crippen molar-refractivity contribution in [3.8, 4) is 5.69 Å². The second kappa shape index (κ2) is 7.19. The number of carboxylic acids is 1. The van der Waals surface area contributed by atoms with Crippen LogP contribution in [0.15, 0.2) is 30.5 Å². The molecule has 0 bridgehead atoms. The lowest BCUT2D eigenvalue weighted by molar-refractivity contribution is -0.142. The van der Waals surface area contributed by atoms with E-state index in [0.717, 1.165) is 0 Å². The molecular weight excluding hydrogens is 395 g/mol. The van der Waals surface area contributed by atoms with Crippen LogP contribution in [0.3, 0.4) is 0 Å². The van der Waals surface area contributed by atoms with Gasteiger partial charge in [0, 0.05) is 28.6 Å². The first-order chi connectivity index (χ1) is 14.2. The van der Waals surface area contributed by atoms with E-state index >= 15 is 4.39 Å². The van der Waals surface area contributed by atoms with Crippen molar-refractivity contribution in [3.63, 3.8) is 0 Å². The van der Waals surface area contributed by atoms with Gasteiger partial charge in [-0.3, -0.25) is 5.10 Å². The molecule has 2 aromatic carbocycles. The SMILES string of the molecule is Cc1cc(-n2c(C(C)C)c(C[C@H](F)C(=O)O)c3c(F)c4[nH]ncc4cc32)ccc1F. The zero-order valence-corrected chi connectivity index (χ0v) is 16.6. The molecule has 0 amide bonds. The number of fused-ring (bicyclic) bond motifs is 2. The number of aromatic amines is 1. The highest BCUT2D eigenvalue weighted by Crippen LogP contribution is 2.39. The number of nitrogens with zero attached hydrogens (tertiary/aromatic N) is 2. The van der Waals surface area contributed by atoms with E-state index in [9.17, 15) is 13.6 Å². The number of rotatable bonds is 5. The Labute approximate surface area is 170 Å². The van der Waals surface area contributed by atoms with E-state index in [1.54, 1.807) is 29.7 Å². The minimum atomic E-state index is -2.19. The van der Waals surface area contributed by atoms with Gasteiger partial charge < -0.3 is 9.67 Å². The number of nitrogens with one attached hydrogen (secondary N) is 1. The van der Waals surface area contributed by atoms with Gasteiger partial charge >= 0.3 is 5.97 Å². The molecule has 5 nitrogen and oxygen atoms in total. The third-order valence-electron chi connectivity index (χ3n) is 5.35.